The molecule has 2 heterocycles. The Balaban J connectivity index is 1.46. The van der Waals surface area contributed by atoms with Crippen LogP contribution in [0.15, 0.2) is 18.2 Å². The highest BCUT2D eigenvalue weighted by Gasteiger charge is 2.33. The van der Waals surface area contributed by atoms with E-state index in [0.29, 0.717) is 18.0 Å². The van der Waals surface area contributed by atoms with Gasteiger partial charge in [0.05, 0.1) is 0 Å². The molecule has 1 aromatic heterocycles. The molecular weight excluding hydrogens is 348 g/mol. The Labute approximate surface area is 157 Å². The van der Waals surface area contributed by atoms with Crippen molar-refractivity contribution in [1.82, 2.24) is 21.0 Å². The number of aryl methyl sites for hydroxylation is 1. The van der Waals surface area contributed by atoms with Crippen LogP contribution in [-0.4, -0.2) is 34.7 Å². The summed E-state index contributed by atoms with van der Waals surface area (Å²) in [4.78, 5) is 11.3. The Kier molecular flexibility index (Phi) is 4.88. The van der Waals surface area contributed by atoms with Gasteiger partial charge in [-0.1, -0.05) is 11.3 Å². The summed E-state index contributed by atoms with van der Waals surface area (Å²) in [6.45, 7) is 4.57. The SMILES string of the molecule is CC(=O)Nc1cc(C)cc(-c2nnc(NC3CCC4NNCC4C3)s2)c1. The van der Waals surface area contributed by atoms with Gasteiger partial charge in [-0.15, -0.1) is 10.2 Å². The zero-order valence-corrected chi connectivity index (χ0v) is 15.8. The van der Waals surface area contributed by atoms with Crippen molar-refractivity contribution in [3.63, 3.8) is 0 Å². The summed E-state index contributed by atoms with van der Waals surface area (Å²) in [5.74, 6) is 0.610. The van der Waals surface area contributed by atoms with Gasteiger partial charge in [-0.2, -0.15) is 0 Å². The minimum absolute atomic E-state index is 0.0762. The molecule has 8 heteroatoms. The Morgan fingerprint density at radius 2 is 2.15 bits per heavy atom. The molecule has 0 spiro atoms. The number of fused-ring (bicyclic) bond motifs is 1. The predicted octanol–water partition coefficient (Wildman–Crippen LogP) is 2.53. The van der Waals surface area contributed by atoms with Crippen LogP contribution < -0.4 is 21.5 Å². The van der Waals surface area contributed by atoms with Crippen LogP contribution in [-0.2, 0) is 4.79 Å². The normalized spacial score (nSPS) is 24.9. The van der Waals surface area contributed by atoms with Crippen molar-refractivity contribution in [2.75, 3.05) is 17.2 Å². The summed E-state index contributed by atoms with van der Waals surface area (Å²) in [5, 5.41) is 16.8. The minimum Gasteiger partial charge on any atom is -0.357 e. The number of aromatic nitrogens is 2. The first kappa shape index (κ1) is 17.4. The monoisotopic (exact) mass is 372 g/mol. The smallest absolute Gasteiger partial charge is 0.221 e. The molecule has 2 aromatic rings. The van der Waals surface area contributed by atoms with E-state index in [-0.39, 0.29) is 5.91 Å². The Bertz CT molecular complexity index is 807. The topological polar surface area (TPSA) is 91.0 Å². The molecule has 26 heavy (non-hydrogen) atoms. The van der Waals surface area contributed by atoms with Crippen molar-refractivity contribution in [2.45, 2.75) is 45.2 Å². The third-order valence-corrected chi connectivity index (χ3v) is 5.93. The second-order valence-electron chi connectivity index (χ2n) is 7.23. The van der Waals surface area contributed by atoms with Crippen LogP contribution in [0.25, 0.3) is 10.6 Å². The maximum absolute atomic E-state index is 11.3. The number of anilines is 2. The summed E-state index contributed by atoms with van der Waals surface area (Å²) in [6, 6.07) is 7.02. The van der Waals surface area contributed by atoms with Crippen molar-refractivity contribution in [1.29, 1.82) is 0 Å². The quantitative estimate of drug-likeness (QED) is 0.659. The van der Waals surface area contributed by atoms with Crippen molar-refractivity contribution in [3.8, 4) is 10.6 Å². The first-order chi connectivity index (χ1) is 12.6. The number of amides is 1. The average Bonchev–Trinajstić information content (AvgIpc) is 3.22. The van der Waals surface area contributed by atoms with E-state index in [1.807, 2.05) is 19.1 Å². The summed E-state index contributed by atoms with van der Waals surface area (Å²) in [7, 11) is 0. The second kappa shape index (κ2) is 7.30. The molecule has 1 saturated heterocycles. The van der Waals surface area contributed by atoms with Gasteiger partial charge in [0.15, 0.2) is 0 Å². The summed E-state index contributed by atoms with van der Waals surface area (Å²) >= 11 is 1.56. The number of carbonyl (C=O) groups is 1. The summed E-state index contributed by atoms with van der Waals surface area (Å²) < 4.78 is 0. The maximum Gasteiger partial charge on any atom is 0.221 e. The van der Waals surface area contributed by atoms with E-state index in [0.717, 1.165) is 46.3 Å². The van der Waals surface area contributed by atoms with Crippen LogP contribution >= 0.6 is 11.3 Å². The predicted molar refractivity (Wildman–Crippen MR) is 104 cm³/mol. The van der Waals surface area contributed by atoms with Gasteiger partial charge in [0.1, 0.15) is 5.01 Å². The first-order valence-electron chi connectivity index (χ1n) is 9.05. The standard InChI is InChI=1S/C18H24N6OS/c1-10-5-12(7-15(6-10)20-11(2)25)17-23-24-18(26-17)21-14-3-4-16-13(8-14)9-19-22-16/h5-7,13-14,16,19,22H,3-4,8-9H2,1-2H3,(H,20,25)(H,21,24). The second-order valence-corrected chi connectivity index (χ2v) is 8.20. The van der Waals surface area contributed by atoms with Gasteiger partial charge < -0.3 is 10.6 Å². The van der Waals surface area contributed by atoms with Gasteiger partial charge >= 0.3 is 0 Å². The number of nitrogens with one attached hydrogen (secondary N) is 4. The summed E-state index contributed by atoms with van der Waals surface area (Å²) in [6.07, 6.45) is 3.47. The number of hydrazine groups is 1. The molecule has 2 fully saturated rings. The third kappa shape index (κ3) is 3.87. The van der Waals surface area contributed by atoms with Crippen LogP contribution in [0.4, 0.5) is 10.8 Å². The van der Waals surface area contributed by atoms with E-state index in [1.54, 1.807) is 11.3 Å². The third-order valence-electron chi connectivity index (χ3n) is 5.03. The lowest BCUT2D eigenvalue weighted by Crippen LogP contribution is -2.39. The lowest BCUT2D eigenvalue weighted by atomic mass is 9.83. The van der Waals surface area contributed by atoms with Gasteiger partial charge in [-0.05, 0) is 55.9 Å². The first-order valence-corrected chi connectivity index (χ1v) is 9.86. The van der Waals surface area contributed by atoms with Crippen molar-refractivity contribution >= 4 is 28.1 Å². The van der Waals surface area contributed by atoms with Gasteiger partial charge in [-0.25, -0.2) is 0 Å². The van der Waals surface area contributed by atoms with Gasteiger partial charge in [-0.3, -0.25) is 15.6 Å². The molecule has 1 aromatic carbocycles. The Morgan fingerprint density at radius 1 is 1.27 bits per heavy atom. The highest BCUT2D eigenvalue weighted by Crippen LogP contribution is 2.32. The molecule has 2 aliphatic rings. The molecule has 1 aliphatic heterocycles. The number of nitrogens with zero attached hydrogens (tertiary/aromatic N) is 2. The maximum atomic E-state index is 11.3. The number of rotatable bonds is 4. The molecule has 138 valence electrons. The van der Waals surface area contributed by atoms with Crippen molar-refractivity contribution in [2.24, 2.45) is 5.92 Å². The molecule has 7 nitrogen and oxygen atoms in total. The molecule has 1 aliphatic carbocycles. The lowest BCUT2D eigenvalue weighted by Gasteiger charge is -2.30. The fourth-order valence-electron chi connectivity index (χ4n) is 3.89. The van der Waals surface area contributed by atoms with E-state index in [9.17, 15) is 4.79 Å². The lowest BCUT2D eigenvalue weighted by molar-refractivity contribution is -0.114. The number of carbonyl (C=O) groups excluding carboxylic acids is 1. The fourth-order valence-corrected chi connectivity index (χ4v) is 4.69. The average molecular weight is 372 g/mol. The largest absolute Gasteiger partial charge is 0.357 e. The van der Waals surface area contributed by atoms with E-state index < -0.39 is 0 Å². The molecule has 1 amide bonds. The number of benzene rings is 1. The van der Waals surface area contributed by atoms with Crippen LogP contribution in [0.2, 0.25) is 0 Å². The molecule has 4 N–H and O–H groups in total. The van der Waals surface area contributed by atoms with Gasteiger partial charge in [0.2, 0.25) is 11.0 Å². The van der Waals surface area contributed by atoms with E-state index in [2.05, 4.69) is 37.7 Å². The van der Waals surface area contributed by atoms with E-state index >= 15 is 0 Å². The molecule has 4 rings (SSSR count). The molecule has 0 radical (unpaired) electrons. The minimum atomic E-state index is -0.0762. The molecule has 3 unspecified atom stereocenters. The zero-order chi connectivity index (χ0) is 18.1. The molecule has 1 saturated carbocycles. The highest BCUT2D eigenvalue weighted by atomic mass is 32.1. The van der Waals surface area contributed by atoms with Crippen LogP contribution in [0.1, 0.15) is 31.7 Å². The van der Waals surface area contributed by atoms with E-state index in [4.69, 9.17) is 0 Å². The van der Waals surface area contributed by atoms with Crippen LogP contribution in [0, 0.1) is 12.8 Å². The van der Waals surface area contributed by atoms with Crippen molar-refractivity contribution in [3.05, 3.63) is 23.8 Å². The van der Waals surface area contributed by atoms with Crippen LogP contribution in [0.5, 0.6) is 0 Å². The van der Waals surface area contributed by atoms with Gasteiger partial charge in [0.25, 0.3) is 0 Å². The number of hydrogen-bond acceptors (Lipinski definition) is 7. The Hall–Kier alpha value is -2.03. The number of hydrogen-bond donors (Lipinski definition) is 4. The van der Waals surface area contributed by atoms with Gasteiger partial charge in [0, 0.05) is 36.8 Å². The highest BCUT2D eigenvalue weighted by molar-refractivity contribution is 7.18. The Morgan fingerprint density at radius 3 is 3.00 bits per heavy atom. The molecule has 3 atom stereocenters. The van der Waals surface area contributed by atoms with E-state index in [1.165, 1.54) is 13.3 Å². The summed E-state index contributed by atoms with van der Waals surface area (Å²) in [5.41, 5.74) is 9.47. The van der Waals surface area contributed by atoms with Crippen LogP contribution in [0.3, 0.4) is 0 Å². The fraction of sp³-hybridized carbons (Fsp3) is 0.500. The van der Waals surface area contributed by atoms with Crippen molar-refractivity contribution < 1.29 is 4.79 Å². The molecule has 0 bridgehead atoms. The molecular formula is C18H24N6OS. The zero-order valence-electron chi connectivity index (χ0n) is 15.0.